The summed E-state index contributed by atoms with van der Waals surface area (Å²) in [5.74, 6) is 0.524. The van der Waals surface area contributed by atoms with Crippen LogP contribution in [-0.2, 0) is 6.54 Å². The summed E-state index contributed by atoms with van der Waals surface area (Å²) in [4.78, 5) is 15.2. The summed E-state index contributed by atoms with van der Waals surface area (Å²) in [6.07, 6.45) is 3.81. The van der Waals surface area contributed by atoms with Gasteiger partial charge in [-0.25, -0.2) is 9.48 Å². The van der Waals surface area contributed by atoms with E-state index in [9.17, 15) is 9.90 Å². The molecule has 1 aromatic carbocycles. The Morgan fingerprint density at radius 1 is 1.36 bits per heavy atom. The average Bonchev–Trinajstić information content (AvgIpc) is 3.26. The minimum absolute atomic E-state index is 0.268. The number of hydrogen-bond donors (Lipinski definition) is 1. The molecule has 25 heavy (non-hydrogen) atoms. The Balaban J connectivity index is 1.81. The molecule has 1 N–H and O–H groups in total. The highest BCUT2D eigenvalue weighted by Crippen LogP contribution is 2.22. The molecule has 0 aliphatic carbocycles. The van der Waals surface area contributed by atoms with Gasteiger partial charge in [0.1, 0.15) is 0 Å². The molecular formula is C19H26N4O2. The van der Waals surface area contributed by atoms with E-state index < -0.39 is 6.09 Å². The summed E-state index contributed by atoms with van der Waals surface area (Å²) < 4.78 is 1.89. The number of benzene rings is 1. The van der Waals surface area contributed by atoms with Gasteiger partial charge >= 0.3 is 6.09 Å². The first-order valence-corrected chi connectivity index (χ1v) is 8.84. The third kappa shape index (κ3) is 4.20. The quantitative estimate of drug-likeness (QED) is 0.876. The van der Waals surface area contributed by atoms with E-state index in [2.05, 4.69) is 36.0 Å². The van der Waals surface area contributed by atoms with Gasteiger partial charge in [-0.3, -0.25) is 4.90 Å². The van der Waals surface area contributed by atoms with E-state index in [1.165, 1.54) is 10.5 Å². The van der Waals surface area contributed by atoms with E-state index in [0.29, 0.717) is 19.0 Å². The third-order valence-corrected chi connectivity index (χ3v) is 4.67. The Labute approximate surface area is 148 Å². The number of hydrogen-bond acceptors (Lipinski definition) is 3. The smallest absolute Gasteiger partial charge is 0.407 e. The molecule has 1 aromatic heterocycles. The van der Waals surface area contributed by atoms with E-state index in [1.807, 2.05) is 29.1 Å². The van der Waals surface area contributed by atoms with Crippen LogP contribution in [0.1, 0.15) is 25.8 Å². The van der Waals surface area contributed by atoms with Gasteiger partial charge in [-0.1, -0.05) is 32.0 Å². The van der Waals surface area contributed by atoms with Gasteiger partial charge in [-0.2, -0.15) is 5.10 Å². The Morgan fingerprint density at radius 3 is 2.80 bits per heavy atom. The summed E-state index contributed by atoms with van der Waals surface area (Å²) in [6.45, 7) is 7.37. The number of carbonyl (C=O) groups is 1. The zero-order valence-electron chi connectivity index (χ0n) is 14.9. The Morgan fingerprint density at radius 2 is 2.16 bits per heavy atom. The Kier molecular flexibility index (Phi) is 5.38. The first kappa shape index (κ1) is 17.5. The van der Waals surface area contributed by atoms with Gasteiger partial charge < -0.3 is 10.0 Å². The van der Waals surface area contributed by atoms with Crippen molar-refractivity contribution in [3.63, 3.8) is 0 Å². The maximum Gasteiger partial charge on any atom is 0.407 e. The fourth-order valence-corrected chi connectivity index (χ4v) is 3.52. The minimum atomic E-state index is -0.816. The fraction of sp³-hybridized carbons (Fsp3) is 0.474. The molecular weight excluding hydrogens is 316 g/mol. The molecule has 1 atom stereocenters. The molecule has 2 aromatic rings. The number of likely N-dealkylation sites (tertiary alicyclic amines) is 1. The molecule has 134 valence electrons. The lowest BCUT2D eigenvalue weighted by molar-refractivity contribution is 0.140. The predicted octanol–water partition coefficient (Wildman–Crippen LogP) is 3.08. The topological polar surface area (TPSA) is 61.6 Å². The first-order chi connectivity index (χ1) is 12.0. The number of nitrogens with zero attached hydrogens (tertiary/aromatic N) is 4. The van der Waals surface area contributed by atoms with Crippen molar-refractivity contribution in [1.82, 2.24) is 19.6 Å². The zero-order valence-corrected chi connectivity index (χ0v) is 14.9. The lowest BCUT2D eigenvalue weighted by Crippen LogP contribution is -2.40. The third-order valence-electron chi connectivity index (χ3n) is 4.67. The van der Waals surface area contributed by atoms with Crippen LogP contribution < -0.4 is 0 Å². The number of aromatic nitrogens is 2. The van der Waals surface area contributed by atoms with Gasteiger partial charge in [-0.15, -0.1) is 0 Å². The molecule has 1 fully saturated rings. The Bertz CT molecular complexity index is 699. The van der Waals surface area contributed by atoms with Crippen molar-refractivity contribution in [2.75, 3.05) is 19.6 Å². The second-order valence-electron chi connectivity index (χ2n) is 7.07. The van der Waals surface area contributed by atoms with Gasteiger partial charge in [0.2, 0.25) is 0 Å². The van der Waals surface area contributed by atoms with Crippen LogP contribution in [-0.4, -0.2) is 56.5 Å². The molecule has 1 saturated heterocycles. The standard InChI is InChI=1S/C19H26N4O2/c1-15(2)12-22(17-8-11-21(14-17)19(24)25)13-16-6-3-4-7-18(16)23-10-5-9-20-23/h3-7,9-10,15,17H,8,11-14H2,1-2H3,(H,24,25)/t17-/m0/s1. The van der Waals surface area contributed by atoms with Crippen molar-refractivity contribution in [3.05, 3.63) is 48.3 Å². The molecule has 0 unspecified atom stereocenters. The molecule has 2 heterocycles. The summed E-state index contributed by atoms with van der Waals surface area (Å²) in [7, 11) is 0. The maximum atomic E-state index is 11.3. The van der Waals surface area contributed by atoms with Crippen LogP contribution in [0.15, 0.2) is 42.7 Å². The number of amides is 1. The van der Waals surface area contributed by atoms with E-state index >= 15 is 0 Å². The van der Waals surface area contributed by atoms with Crippen LogP contribution in [0.5, 0.6) is 0 Å². The van der Waals surface area contributed by atoms with Crippen LogP contribution in [0.25, 0.3) is 5.69 Å². The van der Waals surface area contributed by atoms with Gasteiger partial charge in [0, 0.05) is 44.6 Å². The average molecular weight is 342 g/mol. The molecule has 1 aliphatic heterocycles. The predicted molar refractivity (Wildman–Crippen MR) is 96.8 cm³/mol. The van der Waals surface area contributed by atoms with Gasteiger partial charge in [0.25, 0.3) is 0 Å². The second-order valence-corrected chi connectivity index (χ2v) is 7.07. The highest BCUT2D eigenvalue weighted by Gasteiger charge is 2.30. The summed E-state index contributed by atoms with van der Waals surface area (Å²) in [5.41, 5.74) is 2.29. The van der Waals surface area contributed by atoms with E-state index in [4.69, 9.17) is 0 Å². The summed E-state index contributed by atoms with van der Waals surface area (Å²) in [5, 5.41) is 13.6. The lowest BCUT2D eigenvalue weighted by Gasteiger charge is -2.31. The van der Waals surface area contributed by atoms with Gasteiger partial charge in [0.15, 0.2) is 0 Å². The van der Waals surface area contributed by atoms with Crippen molar-refractivity contribution in [3.8, 4) is 5.69 Å². The van der Waals surface area contributed by atoms with Crippen molar-refractivity contribution in [2.24, 2.45) is 5.92 Å². The molecule has 0 radical (unpaired) electrons. The van der Waals surface area contributed by atoms with Crippen molar-refractivity contribution in [1.29, 1.82) is 0 Å². The lowest BCUT2D eigenvalue weighted by atomic mass is 10.1. The maximum absolute atomic E-state index is 11.3. The van der Waals surface area contributed by atoms with Gasteiger partial charge in [-0.05, 0) is 30.0 Å². The highest BCUT2D eigenvalue weighted by molar-refractivity contribution is 5.65. The summed E-state index contributed by atoms with van der Waals surface area (Å²) >= 11 is 0. The van der Waals surface area contributed by atoms with Crippen LogP contribution >= 0.6 is 0 Å². The molecule has 1 aliphatic rings. The van der Waals surface area contributed by atoms with Crippen LogP contribution in [0.2, 0.25) is 0 Å². The van der Waals surface area contributed by atoms with Crippen LogP contribution in [0.3, 0.4) is 0 Å². The van der Waals surface area contributed by atoms with E-state index in [0.717, 1.165) is 25.2 Å². The fourth-order valence-electron chi connectivity index (χ4n) is 3.52. The molecule has 0 saturated carbocycles. The molecule has 3 rings (SSSR count). The second kappa shape index (κ2) is 7.70. The summed E-state index contributed by atoms with van der Waals surface area (Å²) in [6, 6.07) is 10.5. The Hall–Kier alpha value is -2.34. The van der Waals surface area contributed by atoms with Crippen LogP contribution in [0.4, 0.5) is 4.79 Å². The minimum Gasteiger partial charge on any atom is -0.465 e. The number of para-hydroxylation sites is 1. The van der Waals surface area contributed by atoms with Crippen molar-refractivity contribution in [2.45, 2.75) is 32.9 Å². The number of rotatable bonds is 6. The molecule has 6 heteroatoms. The highest BCUT2D eigenvalue weighted by atomic mass is 16.4. The zero-order chi connectivity index (χ0) is 17.8. The van der Waals surface area contributed by atoms with E-state index in [1.54, 1.807) is 6.20 Å². The van der Waals surface area contributed by atoms with Crippen LogP contribution in [0, 0.1) is 5.92 Å². The van der Waals surface area contributed by atoms with E-state index in [-0.39, 0.29) is 6.04 Å². The van der Waals surface area contributed by atoms with Crippen molar-refractivity contribution < 1.29 is 9.90 Å². The van der Waals surface area contributed by atoms with Gasteiger partial charge in [0.05, 0.1) is 5.69 Å². The SMILES string of the molecule is CC(C)CN(Cc1ccccc1-n1cccn1)[C@H]1CCN(C(=O)O)C1. The molecule has 0 spiro atoms. The monoisotopic (exact) mass is 342 g/mol. The van der Waals surface area contributed by atoms with Crippen molar-refractivity contribution >= 4 is 6.09 Å². The normalized spacial score (nSPS) is 17.6. The molecule has 1 amide bonds. The largest absolute Gasteiger partial charge is 0.465 e. The number of carboxylic acid groups (broad SMARTS) is 1. The molecule has 6 nitrogen and oxygen atoms in total. The first-order valence-electron chi connectivity index (χ1n) is 8.84. The molecule has 0 bridgehead atoms.